The number of carbonyl (C=O) groups excluding carboxylic acids is 1. The number of benzene rings is 1. The minimum atomic E-state index is -0.0814. The van der Waals surface area contributed by atoms with Gasteiger partial charge >= 0.3 is 0 Å². The number of carbonyl (C=O) groups is 1. The fourth-order valence-corrected chi connectivity index (χ4v) is 4.19. The quantitative estimate of drug-likeness (QED) is 0.526. The van der Waals surface area contributed by atoms with E-state index in [1.165, 1.54) is 12.8 Å². The van der Waals surface area contributed by atoms with Crippen molar-refractivity contribution in [3.8, 4) is 16.9 Å². The summed E-state index contributed by atoms with van der Waals surface area (Å²) in [6.07, 6.45) is 6.53. The molecule has 0 saturated carbocycles. The summed E-state index contributed by atoms with van der Waals surface area (Å²) < 4.78 is 11.4. The van der Waals surface area contributed by atoms with Gasteiger partial charge in [-0.25, -0.2) is 15.0 Å². The van der Waals surface area contributed by atoms with Crippen molar-refractivity contribution in [1.29, 1.82) is 0 Å². The first-order valence-corrected chi connectivity index (χ1v) is 11.5. The molecule has 1 aliphatic rings. The maximum absolute atomic E-state index is 12.5. The Balaban J connectivity index is 1.50. The first-order valence-electron chi connectivity index (χ1n) is 11.5. The number of ether oxygens (including phenoxy) is 1. The highest BCUT2D eigenvalue weighted by Crippen LogP contribution is 2.35. The van der Waals surface area contributed by atoms with Crippen LogP contribution in [0.3, 0.4) is 0 Å². The molecule has 0 spiro atoms. The van der Waals surface area contributed by atoms with Crippen LogP contribution in [0.15, 0.2) is 35.2 Å². The van der Waals surface area contributed by atoms with E-state index in [1.807, 2.05) is 32.0 Å². The lowest BCUT2D eigenvalue weighted by molar-refractivity contribution is -0.116. The molecular formula is C25H31N5O3. The Morgan fingerprint density at radius 1 is 1.15 bits per heavy atom. The third-order valence-electron chi connectivity index (χ3n) is 5.90. The zero-order valence-electron chi connectivity index (χ0n) is 19.6. The number of oxazole rings is 1. The Kier molecular flexibility index (Phi) is 7.34. The summed E-state index contributed by atoms with van der Waals surface area (Å²) in [5.74, 6) is 1.29. The number of hydrogen-bond acceptors (Lipinski definition) is 7. The molecule has 8 heteroatoms. The zero-order chi connectivity index (χ0) is 23.2. The monoisotopic (exact) mass is 449 g/mol. The number of amides is 1. The van der Waals surface area contributed by atoms with Crippen molar-refractivity contribution >= 4 is 11.6 Å². The number of hydrogen-bond donors (Lipinski definition) is 1. The van der Waals surface area contributed by atoms with E-state index >= 15 is 0 Å². The molecule has 1 amide bonds. The third kappa shape index (κ3) is 5.96. The van der Waals surface area contributed by atoms with Gasteiger partial charge in [0.1, 0.15) is 24.9 Å². The number of aryl methyl sites for hydroxylation is 4. The highest BCUT2D eigenvalue weighted by Gasteiger charge is 2.17. The van der Waals surface area contributed by atoms with E-state index in [-0.39, 0.29) is 5.91 Å². The van der Waals surface area contributed by atoms with Crippen molar-refractivity contribution in [2.45, 2.75) is 46.5 Å². The Hall–Kier alpha value is -3.26. The largest absolute Gasteiger partial charge is 0.492 e. The van der Waals surface area contributed by atoms with Gasteiger partial charge in [-0.15, -0.1) is 0 Å². The zero-order valence-corrected chi connectivity index (χ0v) is 19.6. The molecular weight excluding hydrogens is 418 g/mol. The van der Waals surface area contributed by atoms with Crippen LogP contribution < -0.4 is 10.1 Å². The van der Waals surface area contributed by atoms with Crippen molar-refractivity contribution in [3.63, 3.8) is 0 Å². The topological polar surface area (TPSA) is 93.4 Å². The molecule has 3 aromatic rings. The van der Waals surface area contributed by atoms with Crippen LogP contribution in [0, 0.1) is 20.8 Å². The number of nitrogens with zero attached hydrogens (tertiary/aromatic N) is 4. The van der Waals surface area contributed by atoms with Crippen molar-refractivity contribution in [1.82, 2.24) is 19.9 Å². The predicted molar refractivity (Wildman–Crippen MR) is 126 cm³/mol. The van der Waals surface area contributed by atoms with Crippen LogP contribution in [0.5, 0.6) is 5.75 Å². The van der Waals surface area contributed by atoms with Crippen LogP contribution in [-0.4, -0.2) is 52.0 Å². The van der Waals surface area contributed by atoms with E-state index < -0.39 is 0 Å². The lowest BCUT2D eigenvalue weighted by Gasteiger charge is -2.18. The van der Waals surface area contributed by atoms with Gasteiger partial charge < -0.3 is 14.5 Å². The summed E-state index contributed by atoms with van der Waals surface area (Å²) in [6, 6.07) is 5.74. The molecule has 1 aromatic carbocycles. The molecule has 0 aliphatic carbocycles. The number of aromatic nitrogens is 3. The number of anilines is 1. The van der Waals surface area contributed by atoms with Crippen LogP contribution in [0.4, 0.5) is 5.69 Å². The van der Waals surface area contributed by atoms with Gasteiger partial charge in [-0.05, 0) is 58.0 Å². The summed E-state index contributed by atoms with van der Waals surface area (Å²) in [6.45, 7) is 9.51. The van der Waals surface area contributed by atoms with E-state index in [0.717, 1.165) is 53.6 Å². The van der Waals surface area contributed by atoms with E-state index in [4.69, 9.17) is 9.15 Å². The molecule has 4 rings (SSSR count). The standard InChI is InChI=1S/C25H31N5O3/c1-17-25(18(2)27-16-26-17)22-14-20(29-24(31)9-7-21-15-33-19(3)28-21)6-8-23(22)32-13-12-30-10-4-5-11-30/h6,8,14-16H,4-5,7,9-13H2,1-3H3,(H,29,31). The SMILES string of the molecule is Cc1nc(CCC(=O)Nc2ccc(OCCN3CCCC3)c(-c3c(C)ncnc3C)c2)co1. The number of rotatable bonds is 9. The highest BCUT2D eigenvalue weighted by molar-refractivity contribution is 5.92. The van der Waals surface area contributed by atoms with E-state index in [2.05, 4.69) is 25.2 Å². The summed E-state index contributed by atoms with van der Waals surface area (Å²) in [5, 5.41) is 2.99. The average Bonchev–Trinajstić information content (AvgIpc) is 3.45. The number of likely N-dealkylation sites (tertiary alicyclic amines) is 1. The Labute approximate surface area is 194 Å². The van der Waals surface area contributed by atoms with Gasteiger partial charge in [0.2, 0.25) is 5.91 Å². The van der Waals surface area contributed by atoms with Crippen LogP contribution in [0.1, 0.15) is 42.2 Å². The smallest absolute Gasteiger partial charge is 0.224 e. The summed E-state index contributed by atoms with van der Waals surface area (Å²) in [4.78, 5) is 28.0. The summed E-state index contributed by atoms with van der Waals surface area (Å²) in [7, 11) is 0. The maximum Gasteiger partial charge on any atom is 0.224 e. The minimum absolute atomic E-state index is 0.0814. The Bertz CT molecular complexity index is 1080. The second-order valence-corrected chi connectivity index (χ2v) is 8.43. The molecule has 0 unspecified atom stereocenters. The molecule has 1 saturated heterocycles. The molecule has 33 heavy (non-hydrogen) atoms. The summed E-state index contributed by atoms with van der Waals surface area (Å²) in [5.41, 5.74) is 5.05. The van der Waals surface area contributed by atoms with Crippen LogP contribution in [-0.2, 0) is 11.2 Å². The Morgan fingerprint density at radius 3 is 2.61 bits per heavy atom. The lowest BCUT2D eigenvalue weighted by atomic mass is 10.0. The van der Waals surface area contributed by atoms with E-state index in [1.54, 1.807) is 19.5 Å². The molecule has 0 atom stereocenters. The van der Waals surface area contributed by atoms with Gasteiger partial charge in [-0.1, -0.05) is 0 Å². The third-order valence-corrected chi connectivity index (χ3v) is 5.90. The van der Waals surface area contributed by atoms with Gasteiger partial charge in [0.25, 0.3) is 0 Å². The van der Waals surface area contributed by atoms with Gasteiger partial charge in [0, 0.05) is 54.5 Å². The van der Waals surface area contributed by atoms with Gasteiger partial charge in [-0.2, -0.15) is 0 Å². The van der Waals surface area contributed by atoms with E-state index in [0.29, 0.717) is 31.0 Å². The fraction of sp³-hybridized carbons (Fsp3) is 0.440. The lowest BCUT2D eigenvalue weighted by Crippen LogP contribution is -2.25. The normalized spacial score (nSPS) is 13.9. The molecule has 8 nitrogen and oxygen atoms in total. The first-order chi connectivity index (χ1) is 16.0. The second-order valence-electron chi connectivity index (χ2n) is 8.43. The molecule has 1 aliphatic heterocycles. The summed E-state index contributed by atoms with van der Waals surface area (Å²) >= 11 is 0. The minimum Gasteiger partial charge on any atom is -0.492 e. The maximum atomic E-state index is 12.5. The van der Waals surface area contributed by atoms with Crippen LogP contribution in [0.2, 0.25) is 0 Å². The van der Waals surface area contributed by atoms with Gasteiger partial charge in [-0.3, -0.25) is 9.69 Å². The molecule has 3 heterocycles. The number of nitrogens with one attached hydrogen (secondary N) is 1. The fourth-order valence-electron chi connectivity index (χ4n) is 4.19. The Morgan fingerprint density at radius 2 is 1.91 bits per heavy atom. The van der Waals surface area contributed by atoms with Crippen molar-refractivity contribution in [3.05, 3.63) is 53.8 Å². The van der Waals surface area contributed by atoms with Crippen LogP contribution >= 0.6 is 0 Å². The molecule has 0 radical (unpaired) electrons. The van der Waals surface area contributed by atoms with Gasteiger partial charge in [0.15, 0.2) is 5.89 Å². The predicted octanol–water partition coefficient (Wildman–Crippen LogP) is 4.10. The van der Waals surface area contributed by atoms with Crippen molar-refractivity contribution < 1.29 is 13.9 Å². The highest BCUT2D eigenvalue weighted by atomic mass is 16.5. The molecule has 2 aromatic heterocycles. The molecule has 0 bridgehead atoms. The second kappa shape index (κ2) is 10.6. The van der Waals surface area contributed by atoms with E-state index in [9.17, 15) is 4.79 Å². The molecule has 1 N–H and O–H groups in total. The van der Waals surface area contributed by atoms with Crippen LogP contribution in [0.25, 0.3) is 11.1 Å². The average molecular weight is 450 g/mol. The van der Waals surface area contributed by atoms with Crippen molar-refractivity contribution in [2.24, 2.45) is 0 Å². The van der Waals surface area contributed by atoms with Gasteiger partial charge in [0.05, 0.1) is 5.69 Å². The van der Waals surface area contributed by atoms with Crippen molar-refractivity contribution in [2.75, 3.05) is 31.6 Å². The molecule has 1 fully saturated rings. The molecule has 174 valence electrons. The first kappa shape index (κ1) is 22.9.